The number of hydrogen-bond acceptors (Lipinski definition) is 3. The van der Waals surface area contributed by atoms with E-state index in [4.69, 9.17) is 0 Å². The van der Waals surface area contributed by atoms with E-state index in [1.165, 1.54) is 5.56 Å². The van der Waals surface area contributed by atoms with Gasteiger partial charge in [-0.3, -0.25) is 5.32 Å². The first kappa shape index (κ1) is 10.9. The highest BCUT2D eigenvalue weighted by molar-refractivity contribution is 5.58. The lowest BCUT2D eigenvalue weighted by atomic mass is 10.1. The molecule has 0 aliphatic carbocycles. The van der Waals surface area contributed by atoms with E-state index in [-0.39, 0.29) is 6.04 Å². The predicted octanol–water partition coefficient (Wildman–Crippen LogP) is 0.563. The number of rotatable bonds is 6. The summed E-state index contributed by atoms with van der Waals surface area (Å²) >= 11 is 0. The molecule has 0 bridgehead atoms. The van der Waals surface area contributed by atoms with Gasteiger partial charge in [-0.05, 0) is 19.0 Å². The third kappa shape index (κ3) is 3.68. The number of hydrogen-bond donors (Lipinski definition) is 2. The lowest BCUT2D eigenvalue weighted by Crippen LogP contribution is -2.38. The van der Waals surface area contributed by atoms with Gasteiger partial charge in [0.25, 0.3) is 0 Å². The molecule has 0 aromatic heterocycles. The third-order valence-electron chi connectivity index (χ3n) is 2.00. The molecular weight excluding hydrogens is 176 g/mol. The molecule has 1 aromatic rings. The topological polar surface area (TPSA) is 41.1 Å². The molecule has 0 saturated heterocycles. The molecule has 2 N–H and O–H groups in total. The summed E-state index contributed by atoms with van der Waals surface area (Å²) in [6, 6.07) is 9.88. The van der Waals surface area contributed by atoms with Gasteiger partial charge in [0.2, 0.25) is 0 Å². The molecule has 0 radical (unpaired) electrons. The van der Waals surface area contributed by atoms with Crippen LogP contribution in [0.25, 0.3) is 0 Å². The van der Waals surface area contributed by atoms with Gasteiger partial charge < -0.3 is 10.1 Å². The van der Waals surface area contributed by atoms with E-state index in [2.05, 4.69) is 10.6 Å². The molecule has 0 saturated carbocycles. The Balaban J connectivity index is 2.44. The number of aldehydes is 1. The van der Waals surface area contributed by atoms with Crippen LogP contribution in [0.1, 0.15) is 5.56 Å². The summed E-state index contributed by atoms with van der Waals surface area (Å²) in [5, 5.41) is 6.04. The smallest absolute Gasteiger partial charge is 0.137 e. The highest BCUT2D eigenvalue weighted by Crippen LogP contribution is 2.01. The molecule has 0 spiro atoms. The van der Waals surface area contributed by atoms with E-state index in [0.717, 1.165) is 12.7 Å². The molecule has 1 atom stereocenters. The summed E-state index contributed by atoms with van der Waals surface area (Å²) in [4.78, 5) is 10.7. The van der Waals surface area contributed by atoms with Crippen molar-refractivity contribution in [3.05, 3.63) is 35.9 Å². The van der Waals surface area contributed by atoms with Gasteiger partial charge in [-0.15, -0.1) is 0 Å². The fourth-order valence-corrected chi connectivity index (χ4v) is 1.27. The van der Waals surface area contributed by atoms with Crippen molar-refractivity contribution in [1.82, 2.24) is 10.6 Å². The summed E-state index contributed by atoms with van der Waals surface area (Å²) in [5.74, 6) is 0. The third-order valence-corrected chi connectivity index (χ3v) is 2.00. The Bertz CT molecular complexity index is 261. The first-order valence-electron chi connectivity index (χ1n) is 4.74. The summed E-state index contributed by atoms with van der Waals surface area (Å²) in [6.07, 6.45) is 1.69. The standard InChI is InChI=1S/C11H16N2O/c1-12-9-13-11(8-14)7-10-5-3-2-4-6-10/h2-6,8,11-13H,7,9H2,1H3. The van der Waals surface area contributed by atoms with Crippen LogP contribution in [0.4, 0.5) is 0 Å². The largest absolute Gasteiger partial charge is 0.308 e. The molecule has 0 amide bonds. The minimum Gasteiger partial charge on any atom is -0.308 e. The summed E-state index contributed by atoms with van der Waals surface area (Å²) in [5.41, 5.74) is 1.17. The zero-order valence-corrected chi connectivity index (χ0v) is 8.36. The molecular formula is C11H16N2O. The van der Waals surface area contributed by atoms with Gasteiger partial charge in [0.15, 0.2) is 0 Å². The van der Waals surface area contributed by atoms with Crippen LogP contribution in [0.5, 0.6) is 0 Å². The van der Waals surface area contributed by atoms with Crippen molar-refractivity contribution in [2.75, 3.05) is 13.7 Å². The van der Waals surface area contributed by atoms with Gasteiger partial charge in [0.1, 0.15) is 6.29 Å². The Kier molecular flexibility index (Phi) is 4.89. The highest BCUT2D eigenvalue weighted by Gasteiger charge is 2.05. The molecule has 3 heteroatoms. The monoisotopic (exact) mass is 192 g/mol. The van der Waals surface area contributed by atoms with E-state index in [1.807, 2.05) is 37.4 Å². The fraction of sp³-hybridized carbons (Fsp3) is 0.364. The van der Waals surface area contributed by atoms with E-state index in [1.54, 1.807) is 0 Å². The van der Waals surface area contributed by atoms with Crippen LogP contribution in [0.2, 0.25) is 0 Å². The van der Waals surface area contributed by atoms with Gasteiger partial charge in [-0.2, -0.15) is 0 Å². The van der Waals surface area contributed by atoms with Crippen LogP contribution in [0.15, 0.2) is 30.3 Å². The molecule has 1 rings (SSSR count). The van der Waals surface area contributed by atoms with Crippen molar-refractivity contribution in [2.45, 2.75) is 12.5 Å². The molecule has 0 fully saturated rings. The zero-order chi connectivity index (χ0) is 10.2. The van der Waals surface area contributed by atoms with E-state index < -0.39 is 0 Å². The summed E-state index contributed by atoms with van der Waals surface area (Å²) in [6.45, 7) is 0.649. The summed E-state index contributed by atoms with van der Waals surface area (Å²) in [7, 11) is 1.84. The number of nitrogens with one attached hydrogen (secondary N) is 2. The number of carbonyl (C=O) groups is 1. The van der Waals surface area contributed by atoms with E-state index in [0.29, 0.717) is 6.67 Å². The van der Waals surface area contributed by atoms with Gasteiger partial charge in [-0.1, -0.05) is 30.3 Å². The second kappa shape index (κ2) is 6.29. The second-order valence-corrected chi connectivity index (χ2v) is 3.17. The average molecular weight is 192 g/mol. The van der Waals surface area contributed by atoms with Gasteiger partial charge in [0, 0.05) is 6.67 Å². The second-order valence-electron chi connectivity index (χ2n) is 3.17. The van der Waals surface area contributed by atoms with Crippen LogP contribution in [-0.4, -0.2) is 26.0 Å². The molecule has 0 aliphatic heterocycles. The van der Waals surface area contributed by atoms with E-state index >= 15 is 0 Å². The van der Waals surface area contributed by atoms with Crippen molar-refractivity contribution in [3.8, 4) is 0 Å². The first-order chi connectivity index (χ1) is 6.86. The summed E-state index contributed by atoms with van der Waals surface area (Å²) < 4.78 is 0. The van der Waals surface area contributed by atoms with Gasteiger partial charge >= 0.3 is 0 Å². The van der Waals surface area contributed by atoms with Gasteiger partial charge in [0.05, 0.1) is 6.04 Å². The van der Waals surface area contributed by atoms with Crippen LogP contribution in [0, 0.1) is 0 Å². The lowest BCUT2D eigenvalue weighted by Gasteiger charge is -2.11. The minimum absolute atomic E-state index is 0.107. The predicted molar refractivity (Wildman–Crippen MR) is 57.1 cm³/mol. The lowest BCUT2D eigenvalue weighted by molar-refractivity contribution is -0.109. The minimum atomic E-state index is -0.107. The quantitative estimate of drug-likeness (QED) is 0.511. The van der Waals surface area contributed by atoms with Crippen molar-refractivity contribution in [3.63, 3.8) is 0 Å². The Morgan fingerprint density at radius 1 is 1.36 bits per heavy atom. The fourth-order valence-electron chi connectivity index (χ4n) is 1.27. The normalized spacial score (nSPS) is 12.4. The van der Waals surface area contributed by atoms with Crippen molar-refractivity contribution < 1.29 is 4.79 Å². The van der Waals surface area contributed by atoms with Crippen LogP contribution < -0.4 is 10.6 Å². The maximum Gasteiger partial charge on any atom is 0.137 e. The molecule has 1 aromatic carbocycles. The van der Waals surface area contributed by atoms with Crippen LogP contribution in [-0.2, 0) is 11.2 Å². The van der Waals surface area contributed by atoms with Crippen molar-refractivity contribution >= 4 is 6.29 Å². The Hall–Kier alpha value is -1.19. The van der Waals surface area contributed by atoms with Crippen LogP contribution in [0.3, 0.4) is 0 Å². The molecule has 0 heterocycles. The highest BCUT2D eigenvalue weighted by atomic mass is 16.1. The van der Waals surface area contributed by atoms with E-state index in [9.17, 15) is 4.79 Å². The molecule has 0 aliphatic rings. The molecule has 1 unspecified atom stereocenters. The first-order valence-corrected chi connectivity index (χ1v) is 4.74. The van der Waals surface area contributed by atoms with Crippen LogP contribution >= 0.6 is 0 Å². The van der Waals surface area contributed by atoms with Crippen molar-refractivity contribution in [2.24, 2.45) is 0 Å². The Morgan fingerprint density at radius 2 is 2.07 bits per heavy atom. The zero-order valence-electron chi connectivity index (χ0n) is 8.36. The Morgan fingerprint density at radius 3 is 2.64 bits per heavy atom. The maximum atomic E-state index is 10.7. The molecule has 14 heavy (non-hydrogen) atoms. The maximum absolute atomic E-state index is 10.7. The SMILES string of the molecule is CNCNC(C=O)Cc1ccccc1. The number of benzene rings is 1. The molecule has 3 nitrogen and oxygen atoms in total. The van der Waals surface area contributed by atoms with Gasteiger partial charge in [-0.25, -0.2) is 0 Å². The molecule has 76 valence electrons. The number of carbonyl (C=O) groups excluding carboxylic acids is 1. The average Bonchev–Trinajstić information content (AvgIpc) is 2.25. The Labute approximate surface area is 84.5 Å². The van der Waals surface area contributed by atoms with Crippen molar-refractivity contribution in [1.29, 1.82) is 0 Å².